The Morgan fingerprint density at radius 3 is 2.83 bits per heavy atom. The molecule has 0 spiro atoms. The van der Waals surface area contributed by atoms with Crippen molar-refractivity contribution >= 4 is 28.2 Å². The number of rotatable bonds is 4. The maximum atomic E-state index is 12.4. The molecular weight excluding hydrogens is 328 g/mol. The second-order valence-corrected chi connectivity index (χ2v) is 7.59. The normalized spacial score (nSPS) is 21.2. The summed E-state index contributed by atoms with van der Waals surface area (Å²) in [6.45, 7) is 5.38. The molecule has 2 heterocycles. The zero-order valence-electron chi connectivity index (χ0n) is 14.2. The maximum absolute atomic E-state index is 12.4. The first kappa shape index (κ1) is 17.4. The Labute approximate surface area is 146 Å². The summed E-state index contributed by atoms with van der Waals surface area (Å²) in [5, 5.41) is 3.58. The van der Waals surface area contributed by atoms with Crippen LogP contribution in [0, 0.1) is 5.92 Å². The lowest BCUT2D eigenvalue weighted by molar-refractivity contribution is -0.118. The van der Waals surface area contributed by atoms with Crippen molar-refractivity contribution in [2.24, 2.45) is 5.92 Å². The number of esters is 1. The van der Waals surface area contributed by atoms with Gasteiger partial charge in [0, 0.05) is 18.0 Å². The minimum absolute atomic E-state index is 0.0892. The molecule has 0 radical (unpaired) electrons. The number of hydrogen-bond donors (Lipinski definition) is 1. The number of nitrogens with one attached hydrogen (secondary N) is 1. The molecule has 0 aromatic carbocycles. The summed E-state index contributed by atoms with van der Waals surface area (Å²) in [6, 6.07) is 0. The van der Waals surface area contributed by atoms with Gasteiger partial charge in [-0.25, -0.2) is 4.79 Å². The molecule has 1 amide bonds. The van der Waals surface area contributed by atoms with Crippen LogP contribution in [0.15, 0.2) is 0 Å². The number of ether oxygens (including phenoxy) is 2. The highest BCUT2D eigenvalue weighted by atomic mass is 32.1. The van der Waals surface area contributed by atoms with Crippen LogP contribution in [0.2, 0.25) is 0 Å². The number of carbonyl (C=O) groups excluding carboxylic acids is 2. The smallest absolute Gasteiger partial charge is 0.341 e. The molecule has 1 aromatic heterocycles. The molecule has 1 saturated heterocycles. The van der Waals surface area contributed by atoms with Gasteiger partial charge in [0.15, 0.2) is 0 Å². The van der Waals surface area contributed by atoms with E-state index in [0.29, 0.717) is 36.2 Å². The molecule has 1 atom stereocenters. The highest BCUT2D eigenvalue weighted by Crippen LogP contribution is 2.40. The van der Waals surface area contributed by atoms with Crippen molar-refractivity contribution in [2.75, 3.05) is 45.3 Å². The lowest BCUT2D eigenvalue weighted by atomic mass is 9.88. The molecule has 6 nitrogen and oxygen atoms in total. The van der Waals surface area contributed by atoms with Crippen molar-refractivity contribution in [3.05, 3.63) is 16.0 Å². The zero-order chi connectivity index (χ0) is 17.1. The molecule has 24 heavy (non-hydrogen) atoms. The highest BCUT2D eigenvalue weighted by molar-refractivity contribution is 7.17. The topological polar surface area (TPSA) is 67.9 Å². The van der Waals surface area contributed by atoms with E-state index < -0.39 is 0 Å². The van der Waals surface area contributed by atoms with Crippen LogP contribution >= 0.6 is 11.3 Å². The minimum Gasteiger partial charge on any atom is -0.465 e. The quantitative estimate of drug-likeness (QED) is 0.839. The number of nitrogens with zero attached hydrogens (tertiary/aromatic N) is 1. The standard InChI is InChI=1S/C17H24N2O4S/c1-11-3-4-12-13(9-11)24-16(15(12)17(21)22-2)18-14(20)10-19-5-7-23-8-6-19/h11H,3-10H2,1-2H3,(H,18,20)/t11-/m1/s1. The van der Waals surface area contributed by atoms with Crippen LogP contribution in [0.3, 0.4) is 0 Å². The zero-order valence-corrected chi connectivity index (χ0v) is 15.0. The van der Waals surface area contributed by atoms with Gasteiger partial charge in [-0.2, -0.15) is 0 Å². The lowest BCUT2D eigenvalue weighted by Crippen LogP contribution is -2.41. The van der Waals surface area contributed by atoms with Gasteiger partial charge in [-0.3, -0.25) is 9.69 Å². The number of amides is 1. The van der Waals surface area contributed by atoms with Crippen molar-refractivity contribution in [1.82, 2.24) is 4.90 Å². The molecule has 1 aromatic rings. The molecule has 1 aliphatic carbocycles. The second-order valence-electron chi connectivity index (χ2n) is 6.48. The van der Waals surface area contributed by atoms with Gasteiger partial charge < -0.3 is 14.8 Å². The molecule has 1 fully saturated rings. The van der Waals surface area contributed by atoms with Gasteiger partial charge in [0.1, 0.15) is 5.00 Å². The van der Waals surface area contributed by atoms with Crippen molar-refractivity contribution in [1.29, 1.82) is 0 Å². The van der Waals surface area contributed by atoms with Crippen LogP contribution in [0.25, 0.3) is 0 Å². The van der Waals surface area contributed by atoms with Gasteiger partial charge >= 0.3 is 5.97 Å². The molecule has 0 saturated carbocycles. The van der Waals surface area contributed by atoms with Gasteiger partial charge in [0.2, 0.25) is 5.91 Å². The van der Waals surface area contributed by atoms with Gasteiger partial charge in [-0.1, -0.05) is 6.92 Å². The van der Waals surface area contributed by atoms with E-state index in [2.05, 4.69) is 17.1 Å². The second kappa shape index (κ2) is 7.63. The van der Waals surface area contributed by atoms with Crippen LogP contribution < -0.4 is 5.32 Å². The molecule has 0 bridgehead atoms. The largest absolute Gasteiger partial charge is 0.465 e. The van der Waals surface area contributed by atoms with Crippen LogP contribution in [0.1, 0.15) is 34.1 Å². The molecular formula is C17H24N2O4S. The Balaban J connectivity index is 1.76. The molecule has 0 unspecified atom stereocenters. The van der Waals surface area contributed by atoms with Crippen molar-refractivity contribution in [3.63, 3.8) is 0 Å². The molecule has 132 valence electrons. The van der Waals surface area contributed by atoms with E-state index in [-0.39, 0.29) is 11.9 Å². The Morgan fingerprint density at radius 2 is 2.12 bits per heavy atom. The number of anilines is 1. The van der Waals surface area contributed by atoms with Crippen LogP contribution in [-0.4, -0.2) is 56.7 Å². The van der Waals surface area contributed by atoms with Crippen molar-refractivity contribution in [2.45, 2.75) is 26.2 Å². The first-order valence-corrected chi connectivity index (χ1v) is 9.23. The van der Waals surface area contributed by atoms with Gasteiger partial charge in [0.05, 0.1) is 32.4 Å². The third kappa shape index (κ3) is 3.79. The Kier molecular flexibility index (Phi) is 5.53. The fourth-order valence-electron chi connectivity index (χ4n) is 3.29. The predicted octanol–water partition coefficient (Wildman–Crippen LogP) is 1.93. The Bertz CT molecular complexity index is 622. The molecule has 1 aliphatic heterocycles. The van der Waals surface area contributed by atoms with E-state index in [0.717, 1.165) is 37.9 Å². The third-order valence-electron chi connectivity index (χ3n) is 4.63. The van der Waals surface area contributed by atoms with E-state index in [9.17, 15) is 9.59 Å². The SMILES string of the molecule is COC(=O)c1c(NC(=O)CN2CCOCC2)sc2c1CC[C@@H](C)C2. The van der Waals surface area contributed by atoms with E-state index in [1.165, 1.54) is 23.3 Å². The van der Waals surface area contributed by atoms with Crippen molar-refractivity contribution in [3.8, 4) is 0 Å². The third-order valence-corrected chi connectivity index (χ3v) is 5.79. The highest BCUT2D eigenvalue weighted by Gasteiger charge is 2.29. The molecule has 2 aliphatic rings. The maximum Gasteiger partial charge on any atom is 0.341 e. The summed E-state index contributed by atoms with van der Waals surface area (Å²) in [6.07, 6.45) is 2.90. The lowest BCUT2D eigenvalue weighted by Gasteiger charge is -2.25. The van der Waals surface area contributed by atoms with Gasteiger partial charge in [-0.15, -0.1) is 11.3 Å². The monoisotopic (exact) mass is 352 g/mol. The average Bonchev–Trinajstić information content (AvgIpc) is 2.91. The van der Waals surface area contributed by atoms with E-state index in [1.807, 2.05) is 0 Å². The number of hydrogen-bond acceptors (Lipinski definition) is 6. The number of carbonyl (C=O) groups is 2. The summed E-state index contributed by atoms with van der Waals surface area (Å²) in [5.74, 6) is 0.163. The summed E-state index contributed by atoms with van der Waals surface area (Å²) in [4.78, 5) is 27.9. The Morgan fingerprint density at radius 1 is 1.38 bits per heavy atom. The van der Waals surface area contributed by atoms with Gasteiger partial charge in [-0.05, 0) is 30.7 Å². The molecule has 3 rings (SSSR count). The Hall–Kier alpha value is -1.44. The number of methoxy groups -OCH3 is 1. The van der Waals surface area contributed by atoms with E-state index in [4.69, 9.17) is 9.47 Å². The first-order valence-electron chi connectivity index (χ1n) is 8.41. The fraction of sp³-hybridized carbons (Fsp3) is 0.647. The first-order chi connectivity index (χ1) is 11.6. The number of morpholine rings is 1. The van der Waals surface area contributed by atoms with E-state index >= 15 is 0 Å². The molecule has 1 N–H and O–H groups in total. The van der Waals surface area contributed by atoms with Crippen LogP contribution in [-0.2, 0) is 27.1 Å². The summed E-state index contributed by atoms with van der Waals surface area (Å²) >= 11 is 1.52. The fourth-order valence-corrected chi connectivity index (χ4v) is 4.70. The van der Waals surface area contributed by atoms with Crippen LogP contribution in [0.4, 0.5) is 5.00 Å². The number of thiophene rings is 1. The van der Waals surface area contributed by atoms with Crippen LogP contribution in [0.5, 0.6) is 0 Å². The number of fused-ring (bicyclic) bond motifs is 1. The van der Waals surface area contributed by atoms with Crippen molar-refractivity contribution < 1.29 is 19.1 Å². The molecule has 7 heteroatoms. The predicted molar refractivity (Wildman–Crippen MR) is 92.7 cm³/mol. The summed E-state index contributed by atoms with van der Waals surface area (Å²) < 4.78 is 10.2. The van der Waals surface area contributed by atoms with E-state index in [1.54, 1.807) is 0 Å². The minimum atomic E-state index is -0.358. The summed E-state index contributed by atoms with van der Waals surface area (Å²) in [5.41, 5.74) is 1.62. The van der Waals surface area contributed by atoms with Gasteiger partial charge in [0.25, 0.3) is 0 Å². The average molecular weight is 352 g/mol. The summed E-state index contributed by atoms with van der Waals surface area (Å²) in [7, 11) is 1.39.